The monoisotopic (exact) mass is 341 g/mol. The van der Waals surface area contributed by atoms with Crippen LogP contribution < -0.4 is 5.32 Å². The highest BCUT2D eigenvalue weighted by molar-refractivity contribution is 9.10. The van der Waals surface area contributed by atoms with E-state index >= 15 is 0 Å². The maximum absolute atomic E-state index is 12.2. The zero-order valence-electron chi connectivity index (χ0n) is 11.3. The quantitative estimate of drug-likeness (QED) is 0.869. The van der Waals surface area contributed by atoms with Gasteiger partial charge >= 0.3 is 5.97 Å². The first-order valence-corrected chi connectivity index (χ1v) is 7.13. The van der Waals surface area contributed by atoms with E-state index in [0.29, 0.717) is 18.7 Å². The Labute approximate surface area is 125 Å². The van der Waals surface area contributed by atoms with E-state index in [1.165, 1.54) is 0 Å². The van der Waals surface area contributed by atoms with Crippen LogP contribution in [0.5, 0.6) is 0 Å². The van der Waals surface area contributed by atoms with E-state index in [0.717, 1.165) is 4.47 Å². The molecule has 2 rings (SSSR count). The topological polar surface area (TPSA) is 92.2 Å². The standard InChI is InChI=1S/C13H16BrN3O3/c1-13(2,12-15-5-7(14)6-16-12)17-10(18)8-3-4-9(8)11(19)20/h5-6,8-9H,3-4H2,1-2H3,(H,17,18)(H,19,20)/t8-,9+/m1/s1. The molecule has 1 aromatic heterocycles. The number of aromatic nitrogens is 2. The molecule has 0 radical (unpaired) electrons. The molecule has 1 fully saturated rings. The average Bonchev–Trinajstić information content (AvgIpc) is 2.25. The maximum Gasteiger partial charge on any atom is 0.307 e. The number of carbonyl (C=O) groups is 2. The lowest BCUT2D eigenvalue weighted by atomic mass is 9.73. The normalized spacial score (nSPS) is 21.9. The van der Waals surface area contributed by atoms with Crippen LogP contribution in [0.3, 0.4) is 0 Å². The average molecular weight is 342 g/mol. The van der Waals surface area contributed by atoms with E-state index < -0.39 is 23.3 Å². The molecular formula is C13H16BrN3O3. The molecule has 2 atom stereocenters. The highest BCUT2D eigenvalue weighted by Gasteiger charge is 2.43. The third kappa shape index (κ3) is 2.98. The Hall–Kier alpha value is -1.50. The number of carboxylic acid groups (broad SMARTS) is 1. The van der Waals surface area contributed by atoms with Gasteiger partial charge in [0.15, 0.2) is 5.82 Å². The minimum atomic E-state index is -0.908. The predicted octanol–water partition coefficient (Wildman–Crippen LogP) is 1.70. The number of aliphatic carboxylic acids is 1. The fourth-order valence-electron chi connectivity index (χ4n) is 2.20. The number of amides is 1. The van der Waals surface area contributed by atoms with E-state index in [1.807, 2.05) is 0 Å². The molecule has 0 bridgehead atoms. The fraction of sp³-hybridized carbons (Fsp3) is 0.538. The summed E-state index contributed by atoms with van der Waals surface area (Å²) in [5, 5.41) is 11.8. The van der Waals surface area contributed by atoms with Crippen LogP contribution in [0.4, 0.5) is 0 Å². The van der Waals surface area contributed by atoms with Crippen molar-refractivity contribution in [3.8, 4) is 0 Å². The number of hydrogen-bond acceptors (Lipinski definition) is 4. The second-order valence-electron chi connectivity index (χ2n) is 5.47. The third-order valence-electron chi connectivity index (χ3n) is 3.54. The Morgan fingerprint density at radius 2 is 1.85 bits per heavy atom. The van der Waals surface area contributed by atoms with Crippen LogP contribution in [0.1, 0.15) is 32.5 Å². The number of nitrogens with zero attached hydrogens (tertiary/aromatic N) is 2. The van der Waals surface area contributed by atoms with Crippen molar-refractivity contribution in [3.63, 3.8) is 0 Å². The van der Waals surface area contributed by atoms with Gasteiger partial charge in [-0.25, -0.2) is 9.97 Å². The molecule has 1 amide bonds. The number of carbonyl (C=O) groups excluding carboxylic acids is 1. The molecule has 20 heavy (non-hydrogen) atoms. The summed E-state index contributed by atoms with van der Waals surface area (Å²) in [5.74, 6) is -1.70. The summed E-state index contributed by atoms with van der Waals surface area (Å²) in [4.78, 5) is 31.5. The molecule has 0 aromatic carbocycles. The van der Waals surface area contributed by atoms with Gasteiger partial charge < -0.3 is 10.4 Å². The van der Waals surface area contributed by atoms with Crippen molar-refractivity contribution in [2.45, 2.75) is 32.2 Å². The Balaban J connectivity index is 2.06. The molecule has 0 spiro atoms. The van der Waals surface area contributed by atoms with Crippen molar-refractivity contribution in [1.29, 1.82) is 0 Å². The van der Waals surface area contributed by atoms with Gasteiger partial charge in [-0.1, -0.05) is 0 Å². The summed E-state index contributed by atoms with van der Waals surface area (Å²) in [6, 6.07) is 0. The highest BCUT2D eigenvalue weighted by Crippen LogP contribution is 2.35. The lowest BCUT2D eigenvalue weighted by Gasteiger charge is -2.35. The number of carboxylic acids is 1. The molecule has 0 saturated heterocycles. The molecule has 1 aromatic rings. The zero-order chi connectivity index (χ0) is 14.9. The van der Waals surface area contributed by atoms with Crippen molar-refractivity contribution in [2.24, 2.45) is 11.8 Å². The summed E-state index contributed by atoms with van der Waals surface area (Å²) in [6.07, 6.45) is 4.39. The minimum absolute atomic E-state index is 0.250. The van der Waals surface area contributed by atoms with Gasteiger partial charge in [0.1, 0.15) is 0 Å². The van der Waals surface area contributed by atoms with Gasteiger partial charge in [-0.05, 0) is 42.6 Å². The van der Waals surface area contributed by atoms with Gasteiger partial charge in [-0.15, -0.1) is 0 Å². The van der Waals surface area contributed by atoms with Crippen LogP contribution in [-0.4, -0.2) is 27.0 Å². The first-order chi connectivity index (χ1) is 9.31. The van der Waals surface area contributed by atoms with Gasteiger partial charge in [0.05, 0.1) is 21.8 Å². The molecule has 6 nitrogen and oxygen atoms in total. The Morgan fingerprint density at radius 1 is 1.30 bits per heavy atom. The SMILES string of the molecule is CC(C)(NC(=O)[C@@H]1CC[C@@H]1C(=O)O)c1ncc(Br)cn1. The van der Waals surface area contributed by atoms with E-state index in [4.69, 9.17) is 5.11 Å². The second-order valence-corrected chi connectivity index (χ2v) is 6.38. The molecule has 108 valence electrons. The van der Waals surface area contributed by atoms with Crippen molar-refractivity contribution >= 4 is 27.8 Å². The van der Waals surface area contributed by atoms with E-state index in [-0.39, 0.29) is 5.91 Å². The van der Waals surface area contributed by atoms with Crippen LogP contribution in [0.25, 0.3) is 0 Å². The maximum atomic E-state index is 12.2. The molecular weight excluding hydrogens is 326 g/mol. The molecule has 0 aliphatic heterocycles. The number of rotatable bonds is 4. The number of hydrogen-bond donors (Lipinski definition) is 2. The summed E-state index contributed by atoms with van der Waals surface area (Å²) < 4.78 is 0.758. The molecule has 1 saturated carbocycles. The number of nitrogens with one attached hydrogen (secondary N) is 1. The molecule has 1 aliphatic rings. The van der Waals surface area contributed by atoms with Gasteiger partial charge in [-0.3, -0.25) is 9.59 Å². The smallest absolute Gasteiger partial charge is 0.307 e. The molecule has 7 heteroatoms. The Bertz CT molecular complexity index is 530. The van der Waals surface area contributed by atoms with Crippen LogP contribution >= 0.6 is 15.9 Å². The van der Waals surface area contributed by atoms with Gasteiger partial charge in [0.25, 0.3) is 0 Å². The lowest BCUT2D eigenvalue weighted by Crippen LogP contribution is -2.50. The van der Waals surface area contributed by atoms with Crippen LogP contribution in [0.2, 0.25) is 0 Å². The van der Waals surface area contributed by atoms with E-state index in [9.17, 15) is 9.59 Å². The fourth-order valence-corrected chi connectivity index (χ4v) is 2.41. The molecule has 2 N–H and O–H groups in total. The predicted molar refractivity (Wildman–Crippen MR) is 74.8 cm³/mol. The highest BCUT2D eigenvalue weighted by atomic mass is 79.9. The van der Waals surface area contributed by atoms with Crippen molar-refractivity contribution in [2.75, 3.05) is 0 Å². The summed E-state index contributed by atoms with van der Waals surface area (Å²) in [7, 11) is 0. The van der Waals surface area contributed by atoms with Gasteiger partial charge in [0, 0.05) is 12.4 Å². The zero-order valence-corrected chi connectivity index (χ0v) is 12.8. The third-order valence-corrected chi connectivity index (χ3v) is 3.95. The van der Waals surface area contributed by atoms with E-state index in [2.05, 4.69) is 31.2 Å². The lowest BCUT2D eigenvalue weighted by molar-refractivity contribution is -0.153. The van der Waals surface area contributed by atoms with E-state index in [1.54, 1.807) is 26.2 Å². The summed E-state index contributed by atoms with van der Waals surface area (Å²) in [5.41, 5.74) is -0.740. The van der Waals surface area contributed by atoms with Crippen molar-refractivity contribution in [1.82, 2.24) is 15.3 Å². The first-order valence-electron chi connectivity index (χ1n) is 6.34. The molecule has 1 aliphatic carbocycles. The summed E-state index contributed by atoms with van der Waals surface area (Å²) in [6.45, 7) is 3.59. The molecule has 1 heterocycles. The number of halogens is 1. The Kier molecular flexibility index (Phi) is 4.08. The largest absolute Gasteiger partial charge is 0.481 e. The van der Waals surface area contributed by atoms with Crippen LogP contribution in [0.15, 0.2) is 16.9 Å². The van der Waals surface area contributed by atoms with Crippen molar-refractivity contribution in [3.05, 3.63) is 22.7 Å². The first kappa shape index (κ1) is 14.9. The van der Waals surface area contributed by atoms with Crippen LogP contribution in [-0.2, 0) is 15.1 Å². The van der Waals surface area contributed by atoms with Gasteiger partial charge in [-0.2, -0.15) is 0 Å². The van der Waals surface area contributed by atoms with Gasteiger partial charge in [0.2, 0.25) is 5.91 Å². The second kappa shape index (κ2) is 5.47. The van der Waals surface area contributed by atoms with Crippen molar-refractivity contribution < 1.29 is 14.7 Å². The summed E-state index contributed by atoms with van der Waals surface area (Å²) >= 11 is 3.25. The Morgan fingerprint density at radius 3 is 2.30 bits per heavy atom. The van der Waals surface area contributed by atoms with Crippen LogP contribution in [0, 0.1) is 11.8 Å². The molecule has 0 unspecified atom stereocenters. The minimum Gasteiger partial charge on any atom is -0.481 e.